The summed E-state index contributed by atoms with van der Waals surface area (Å²) >= 11 is 0. The van der Waals surface area contributed by atoms with Crippen LogP contribution in [0.5, 0.6) is 0 Å². The predicted molar refractivity (Wildman–Crippen MR) is 59.9 cm³/mol. The summed E-state index contributed by atoms with van der Waals surface area (Å²) in [5, 5.41) is 2.79. The zero-order valence-electron chi connectivity index (χ0n) is 9.43. The van der Waals surface area contributed by atoms with Gasteiger partial charge in [0.2, 0.25) is 0 Å². The number of hydrogen-bond acceptors (Lipinski definition) is 5. The maximum absolute atomic E-state index is 11.6. The van der Waals surface area contributed by atoms with Crippen LogP contribution in [-0.2, 0) is 4.74 Å². The Bertz CT molecular complexity index is 339. The topological polar surface area (TPSA) is 90.1 Å². The van der Waals surface area contributed by atoms with Crippen molar-refractivity contribution in [1.82, 2.24) is 15.3 Å². The maximum atomic E-state index is 11.6. The van der Waals surface area contributed by atoms with Crippen LogP contribution in [0.4, 0.5) is 5.82 Å². The van der Waals surface area contributed by atoms with E-state index in [1.165, 1.54) is 12.4 Å². The van der Waals surface area contributed by atoms with E-state index < -0.39 is 0 Å². The molecule has 0 aliphatic heterocycles. The number of nitrogens with one attached hydrogen (secondary N) is 1. The highest BCUT2D eigenvalue weighted by molar-refractivity contribution is 5.92. The van der Waals surface area contributed by atoms with Crippen LogP contribution in [0.1, 0.15) is 23.8 Å². The number of ether oxygens (including phenoxy) is 1. The zero-order valence-corrected chi connectivity index (χ0v) is 9.43. The van der Waals surface area contributed by atoms with E-state index >= 15 is 0 Å². The SMILES string of the molecule is COCCC(C)NC(=O)c1cnc(N)cn1. The van der Waals surface area contributed by atoms with Crippen LogP contribution in [0, 0.1) is 0 Å². The van der Waals surface area contributed by atoms with Crippen molar-refractivity contribution < 1.29 is 9.53 Å². The molecule has 88 valence electrons. The second kappa shape index (κ2) is 6.02. The minimum absolute atomic E-state index is 0.0341. The molecular formula is C10H16N4O2. The Morgan fingerprint density at radius 2 is 2.31 bits per heavy atom. The van der Waals surface area contributed by atoms with Gasteiger partial charge in [-0.3, -0.25) is 4.79 Å². The van der Waals surface area contributed by atoms with E-state index in [-0.39, 0.29) is 17.6 Å². The summed E-state index contributed by atoms with van der Waals surface area (Å²) in [5.41, 5.74) is 5.63. The van der Waals surface area contributed by atoms with E-state index in [1.54, 1.807) is 7.11 Å². The van der Waals surface area contributed by atoms with Crippen molar-refractivity contribution in [3.05, 3.63) is 18.1 Å². The molecule has 16 heavy (non-hydrogen) atoms. The van der Waals surface area contributed by atoms with Gasteiger partial charge in [0.25, 0.3) is 5.91 Å². The van der Waals surface area contributed by atoms with E-state index in [9.17, 15) is 4.79 Å². The van der Waals surface area contributed by atoms with Crippen molar-refractivity contribution in [1.29, 1.82) is 0 Å². The summed E-state index contributed by atoms with van der Waals surface area (Å²) < 4.78 is 4.92. The maximum Gasteiger partial charge on any atom is 0.271 e. The Morgan fingerprint density at radius 3 is 2.88 bits per heavy atom. The van der Waals surface area contributed by atoms with E-state index in [1.807, 2.05) is 6.92 Å². The van der Waals surface area contributed by atoms with E-state index in [4.69, 9.17) is 10.5 Å². The highest BCUT2D eigenvalue weighted by Gasteiger charge is 2.10. The van der Waals surface area contributed by atoms with Gasteiger partial charge < -0.3 is 15.8 Å². The van der Waals surface area contributed by atoms with Crippen molar-refractivity contribution in [3.8, 4) is 0 Å². The summed E-state index contributed by atoms with van der Waals surface area (Å²) in [5.74, 6) is 0.0417. The van der Waals surface area contributed by atoms with Gasteiger partial charge in [-0.05, 0) is 13.3 Å². The summed E-state index contributed by atoms with van der Waals surface area (Å²) in [7, 11) is 1.62. The monoisotopic (exact) mass is 224 g/mol. The third kappa shape index (κ3) is 3.82. The lowest BCUT2D eigenvalue weighted by molar-refractivity contribution is 0.0924. The molecule has 1 amide bonds. The van der Waals surface area contributed by atoms with E-state index in [0.717, 1.165) is 6.42 Å². The van der Waals surface area contributed by atoms with Crippen LogP contribution in [0.15, 0.2) is 12.4 Å². The summed E-state index contributed by atoms with van der Waals surface area (Å²) in [6.45, 7) is 2.51. The van der Waals surface area contributed by atoms with Gasteiger partial charge in [0.05, 0.1) is 12.4 Å². The lowest BCUT2D eigenvalue weighted by Gasteiger charge is -2.12. The molecule has 3 N–H and O–H groups in total. The minimum atomic E-state index is -0.254. The second-order valence-electron chi connectivity index (χ2n) is 3.48. The average molecular weight is 224 g/mol. The number of anilines is 1. The molecule has 1 aromatic rings. The molecular weight excluding hydrogens is 208 g/mol. The van der Waals surface area contributed by atoms with Gasteiger partial charge in [-0.1, -0.05) is 0 Å². The number of carbonyl (C=O) groups excluding carboxylic acids is 1. The Labute approximate surface area is 94.2 Å². The lowest BCUT2D eigenvalue weighted by Crippen LogP contribution is -2.33. The normalized spacial score (nSPS) is 12.1. The fraction of sp³-hybridized carbons (Fsp3) is 0.500. The Hall–Kier alpha value is -1.69. The molecule has 1 unspecified atom stereocenters. The van der Waals surface area contributed by atoms with E-state index in [0.29, 0.717) is 12.4 Å². The number of methoxy groups -OCH3 is 1. The molecule has 0 saturated heterocycles. The molecule has 1 heterocycles. The van der Waals surface area contributed by atoms with Gasteiger partial charge in [0.1, 0.15) is 11.5 Å². The van der Waals surface area contributed by atoms with Gasteiger partial charge in [0.15, 0.2) is 0 Å². The highest BCUT2D eigenvalue weighted by atomic mass is 16.5. The standard InChI is InChI=1S/C10H16N4O2/c1-7(3-4-16-2)14-10(15)8-5-13-9(11)6-12-8/h5-7H,3-4H2,1-2H3,(H2,11,13)(H,14,15). The summed E-state index contributed by atoms with van der Waals surface area (Å²) in [6.07, 6.45) is 3.47. The van der Waals surface area contributed by atoms with Crippen LogP contribution in [0.2, 0.25) is 0 Å². The Kier molecular flexibility index (Phi) is 4.65. The smallest absolute Gasteiger partial charge is 0.271 e. The van der Waals surface area contributed by atoms with Gasteiger partial charge >= 0.3 is 0 Å². The first kappa shape index (κ1) is 12.4. The molecule has 6 heteroatoms. The largest absolute Gasteiger partial charge is 0.385 e. The van der Waals surface area contributed by atoms with Crippen molar-refractivity contribution >= 4 is 11.7 Å². The van der Waals surface area contributed by atoms with Crippen LogP contribution >= 0.6 is 0 Å². The second-order valence-corrected chi connectivity index (χ2v) is 3.48. The molecule has 1 atom stereocenters. The number of rotatable bonds is 5. The molecule has 6 nitrogen and oxygen atoms in total. The van der Waals surface area contributed by atoms with Gasteiger partial charge in [0, 0.05) is 19.8 Å². The fourth-order valence-corrected chi connectivity index (χ4v) is 1.12. The number of nitrogens with two attached hydrogens (primary N) is 1. The summed E-state index contributed by atoms with van der Waals surface area (Å²) in [4.78, 5) is 19.3. The van der Waals surface area contributed by atoms with Crippen molar-refractivity contribution in [2.24, 2.45) is 0 Å². The highest BCUT2D eigenvalue weighted by Crippen LogP contribution is 1.98. The number of nitrogens with zero attached hydrogens (tertiary/aromatic N) is 2. The lowest BCUT2D eigenvalue weighted by atomic mass is 10.2. The molecule has 1 rings (SSSR count). The van der Waals surface area contributed by atoms with E-state index in [2.05, 4.69) is 15.3 Å². The van der Waals surface area contributed by atoms with Crippen LogP contribution in [0.25, 0.3) is 0 Å². The molecule has 0 saturated carbocycles. The molecule has 1 aromatic heterocycles. The predicted octanol–water partition coefficient (Wildman–Crippen LogP) is 0.214. The first-order chi connectivity index (χ1) is 7.63. The Balaban J connectivity index is 2.48. The molecule has 0 aliphatic carbocycles. The Morgan fingerprint density at radius 1 is 1.56 bits per heavy atom. The molecule has 0 radical (unpaired) electrons. The molecule has 0 spiro atoms. The zero-order chi connectivity index (χ0) is 12.0. The first-order valence-electron chi connectivity index (χ1n) is 5.00. The molecule has 0 fully saturated rings. The summed E-state index contributed by atoms with van der Waals surface area (Å²) in [6, 6.07) is 0.0341. The fourth-order valence-electron chi connectivity index (χ4n) is 1.12. The molecule has 0 aliphatic rings. The average Bonchev–Trinajstić information content (AvgIpc) is 2.27. The molecule has 0 bridgehead atoms. The molecule has 0 aromatic carbocycles. The number of carbonyl (C=O) groups is 1. The number of nitrogen functional groups attached to an aromatic ring is 1. The van der Waals surface area contributed by atoms with Crippen LogP contribution in [-0.4, -0.2) is 35.6 Å². The van der Waals surface area contributed by atoms with Crippen molar-refractivity contribution in [2.75, 3.05) is 19.5 Å². The minimum Gasteiger partial charge on any atom is -0.385 e. The third-order valence-electron chi connectivity index (χ3n) is 2.04. The van der Waals surface area contributed by atoms with Gasteiger partial charge in [-0.25, -0.2) is 9.97 Å². The quantitative estimate of drug-likeness (QED) is 0.746. The third-order valence-corrected chi connectivity index (χ3v) is 2.04. The van der Waals surface area contributed by atoms with Crippen molar-refractivity contribution in [3.63, 3.8) is 0 Å². The first-order valence-corrected chi connectivity index (χ1v) is 5.00. The van der Waals surface area contributed by atoms with Crippen LogP contribution in [0.3, 0.4) is 0 Å². The van der Waals surface area contributed by atoms with Gasteiger partial charge in [-0.15, -0.1) is 0 Å². The van der Waals surface area contributed by atoms with Crippen LogP contribution < -0.4 is 11.1 Å². The number of hydrogen-bond donors (Lipinski definition) is 2. The number of aromatic nitrogens is 2. The van der Waals surface area contributed by atoms with Gasteiger partial charge in [-0.2, -0.15) is 0 Å². The van der Waals surface area contributed by atoms with Crippen molar-refractivity contribution in [2.45, 2.75) is 19.4 Å². The number of amides is 1.